The van der Waals surface area contributed by atoms with Gasteiger partial charge in [-0.25, -0.2) is 8.42 Å². The molecule has 1 aliphatic rings. The Kier molecular flexibility index (Phi) is 8.87. The number of hydrogen-bond donors (Lipinski definition) is 2. The zero-order chi connectivity index (χ0) is 18.7. The number of aliphatic imine (C=N–C) groups is 1. The van der Waals surface area contributed by atoms with Crippen LogP contribution in [0.3, 0.4) is 0 Å². The molecule has 1 aromatic carbocycles. The third kappa shape index (κ3) is 7.31. The third-order valence-corrected chi connectivity index (χ3v) is 5.93. The molecule has 1 aliphatic heterocycles. The van der Waals surface area contributed by atoms with Gasteiger partial charge in [-0.2, -0.15) is 0 Å². The van der Waals surface area contributed by atoms with Gasteiger partial charge < -0.3 is 15.4 Å². The molecule has 0 atom stereocenters. The Morgan fingerprint density at radius 2 is 1.92 bits per heavy atom. The molecule has 1 heterocycles. The molecule has 2 N–H and O–H groups in total. The number of benzene rings is 1. The Bertz CT molecular complexity index is 644. The summed E-state index contributed by atoms with van der Waals surface area (Å²) in [6.07, 6.45) is 0.497. The van der Waals surface area contributed by atoms with Gasteiger partial charge in [-0.1, -0.05) is 18.2 Å². The van der Waals surface area contributed by atoms with E-state index in [4.69, 9.17) is 4.74 Å². The van der Waals surface area contributed by atoms with Crippen LogP contribution in [0.1, 0.15) is 13.3 Å². The number of nitrogens with one attached hydrogen (secondary N) is 2. The standard InChI is InChI=1S/C18H30N4O3S/c1-2-19-18(21-10-11-22-12-14-25-15-13-22)20-9-6-16-26(23,24)17-7-4-3-5-8-17/h3-5,7-8H,2,6,9-16H2,1H3,(H2,19,20,21). The number of rotatable bonds is 9. The SMILES string of the molecule is CCNC(=NCCCS(=O)(=O)c1ccccc1)NCCN1CCOCC1. The zero-order valence-corrected chi connectivity index (χ0v) is 16.3. The zero-order valence-electron chi connectivity index (χ0n) is 15.5. The van der Waals surface area contributed by atoms with E-state index < -0.39 is 9.84 Å². The van der Waals surface area contributed by atoms with Crippen molar-refractivity contribution < 1.29 is 13.2 Å². The number of ether oxygens (including phenoxy) is 1. The Labute approximate surface area is 156 Å². The summed E-state index contributed by atoms with van der Waals surface area (Å²) in [6.45, 7) is 8.52. The lowest BCUT2D eigenvalue weighted by Crippen LogP contribution is -2.44. The fourth-order valence-electron chi connectivity index (χ4n) is 2.69. The van der Waals surface area contributed by atoms with Crippen LogP contribution in [0, 0.1) is 0 Å². The molecule has 1 saturated heterocycles. The normalized spacial score (nSPS) is 16.4. The van der Waals surface area contributed by atoms with Gasteiger partial charge in [0.25, 0.3) is 0 Å². The molecule has 0 unspecified atom stereocenters. The van der Waals surface area contributed by atoms with Crippen LogP contribution in [0.4, 0.5) is 0 Å². The lowest BCUT2D eigenvalue weighted by atomic mass is 10.4. The van der Waals surface area contributed by atoms with Crippen LogP contribution in [0.25, 0.3) is 0 Å². The van der Waals surface area contributed by atoms with Gasteiger partial charge in [-0.15, -0.1) is 0 Å². The van der Waals surface area contributed by atoms with E-state index >= 15 is 0 Å². The van der Waals surface area contributed by atoms with Crippen LogP contribution >= 0.6 is 0 Å². The van der Waals surface area contributed by atoms with Crippen LogP contribution in [0.15, 0.2) is 40.2 Å². The molecule has 26 heavy (non-hydrogen) atoms. The summed E-state index contributed by atoms with van der Waals surface area (Å²) in [5, 5.41) is 6.50. The molecule has 7 nitrogen and oxygen atoms in total. The van der Waals surface area contributed by atoms with Crippen LogP contribution in [0.5, 0.6) is 0 Å². The maximum atomic E-state index is 12.3. The summed E-state index contributed by atoms with van der Waals surface area (Å²) in [5.74, 6) is 0.839. The van der Waals surface area contributed by atoms with Crippen molar-refractivity contribution in [3.05, 3.63) is 30.3 Å². The van der Waals surface area contributed by atoms with E-state index in [0.29, 0.717) is 17.9 Å². The Morgan fingerprint density at radius 1 is 1.19 bits per heavy atom. The summed E-state index contributed by atoms with van der Waals surface area (Å²) >= 11 is 0. The summed E-state index contributed by atoms with van der Waals surface area (Å²) in [7, 11) is -3.23. The van der Waals surface area contributed by atoms with Crippen molar-refractivity contribution in [3.63, 3.8) is 0 Å². The minimum absolute atomic E-state index is 0.105. The first kappa shape index (κ1) is 20.7. The van der Waals surface area contributed by atoms with E-state index in [0.717, 1.165) is 51.9 Å². The first-order chi connectivity index (χ1) is 12.6. The van der Waals surface area contributed by atoms with E-state index in [1.807, 2.05) is 13.0 Å². The van der Waals surface area contributed by atoms with Gasteiger partial charge in [0.15, 0.2) is 15.8 Å². The van der Waals surface area contributed by atoms with Crippen molar-refractivity contribution in [1.82, 2.24) is 15.5 Å². The summed E-state index contributed by atoms with van der Waals surface area (Å²) < 4.78 is 29.9. The molecule has 0 amide bonds. The summed E-state index contributed by atoms with van der Waals surface area (Å²) in [6, 6.07) is 8.57. The lowest BCUT2D eigenvalue weighted by molar-refractivity contribution is 0.0389. The molecule has 0 saturated carbocycles. The molecule has 8 heteroatoms. The van der Waals surface area contributed by atoms with Crippen molar-refractivity contribution in [3.8, 4) is 0 Å². The molecule has 146 valence electrons. The van der Waals surface area contributed by atoms with Gasteiger partial charge >= 0.3 is 0 Å². The maximum absolute atomic E-state index is 12.3. The van der Waals surface area contributed by atoms with Crippen LogP contribution in [-0.2, 0) is 14.6 Å². The molecule has 1 aromatic rings. The first-order valence-corrected chi connectivity index (χ1v) is 10.9. The summed E-state index contributed by atoms with van der Waals surface area (Å²) in [5.41, 5.74) is 0. The van der Waals surface area contributed by atoms with Gasteiger partial charge in [0.1, 0.15) is 0 Å². The van der Waals surface area contributed by atoms with E-state index in [1.165, 1.54) is 0 Å². The Morgan fingerprint density at radius 3 is 2.62 bits per heavy atom. The van der Waals surface area contributed by atoms with Gasteiger partial charge in [0, 0.05) is 39.3 Å². The first-order valence-electron chi connectivity index (χ1n) is 9.22. The van der Waals surface area contributed by atoms with Crippen LogP contribution in [0.2, 0.25) is 0 Å². The van der Waals surface area contributed by atoms with E-state index in [9.17, 15) is 8.42 Å². The van der Waals surface area contributed by atoms with Crippen molar-refractivity contribution in [1.29, 1.82) is 0 Å². The Balaban J connectivity index is 1.73. The highest BCUT2D eigenvalue weighted by atomic mass is 32.2. The second-order valence-electron chi connectivity index (χ2n) is 6.13. The molecule has 0 radical (unpaired) electrons. The van der Waals surface area contributed by atoms with Crippen molar-refractivity contribution in [2.24, 2.45) is 4.99 Å². The summed E-state index contributed by atoms with van der Waals surface area (Å²) in [4.78, 5) is 7.21. The predicted molar refractivity (Wildman–Crippen MR) is 104 cm³/mol. The molecule has 0 aliphatic carbocycles. The molecule has 0 spiro atoms. The maximum Gasteiger partial charge on any atom is 0.191 e. The molecule has 2 rings (SSSR count). The highest BCUT2D eigenvalue weighted by molar-refractivity contribution is 7.91. The second-order valence-corrected chi connectivity index (χ2v) is 8.24. The minimum Gasteiger partial charge on any atom is -0.379 e. The van der Waals surface area contributed by atoms with Gasteiger partial charge in [-0.3, -0.25) is 9.89 Å². The molecule has 0 bridgehead atoms. The van der Waals surface area contributed by atoms with Crippen molar-refractivity contribution in [2.45, 2.75) is 18.2 Å². The number of guanidine groups is 1. The van der Waals surface area contributed by atoms with Crippen LogP contribution < -0.4 is 10.6 Å². The highest BCUT2D eigenvalue weighted by Crippen LogP contribution is 2.10. The third-order valence-electron chi connectivity index (χ3n) is 4.11. The highest BCUT2D eigenvalue weighted by Gasteiger charge is 2.13. The van der Waals surface area contributed by atoms with Crippen molar-refractivity contribution >= 4 is 15.8 Å². The fourth-order valence-corrected chi connectivity index (χ4v) is 4.01. The molecule has 0 aromatic heterocycles. The van der Waals surface area contributed by atoms with Gasteiger partial charge in [-0.05, 0) is 25.5 Å². The Hall–Kier alpha value is -1.64. The second kappa shape index (κ2) is 11.2. The van der Waals surface area contributed by atoms with E-state index in [2.05, 4.69) is 20.5 Å². The minimum atomic E-state index is -3.23. The quantitative estimate of drug-likeness (QED) is 0.372. The van der Waals surface area contributed by atoms with E-state index in [1.54, 1.807) is 24.3 Å². The van der Waals surface area contributed by atoms with Crippen LogP contribution in [-0.4, -0.2) is 77.5 Å². The smallest absolute Gasteiger partial charge is 0.191 e. The average molecular weight is 383 g/mol. The average Bonchev–Trinajstić information content (AvgIpc) is 2.67. The molecular weight excluding hydrogens is 352 g/mol. The lowest BCUT2D eigenvalue weighted by Gasteiger charge is -2.26. The van der Waals surface area contributed by atoms with E-state index in [-0.39, 0.29) is 5.75 Å². The number of morpholine rings is 1. The van der Waals surface area contributed by atoms with Crippen molar-refractivity contribution in [2.75, 3.05) is 58.2 Å². The molecule has 1 fully saturated rings. The molecular formula is C18H30N4O3S. The number of sulfone groups is 1. The van der Waals surface area contributed by atoms with Gasteiger partial charge in [0.05, 0.1) is 23.9 Å². The van der Waals surface area contributed by atoms with Gasteiger partial charge in [0.2, 0.25) is 0 Å². The number of hydrogen-bond acceptors (Lipinski definition) is 5. The topological polar surface area (TPSA) is 83.0 Å². The monoisotopic (exact) mass is 382 g/mol. The largest absolute Gasteiger partial charge is 0.379 e. The number of nitrogens with zero attached hydrogens (tertiary/aromatic N) is 2. The predicted octanol–water partition coefficient (Wildman–Crippen LogP) is 0.738. The fraction of sp³-hybridized carbons (Fsp3) is 0.611.